The molecule has 2 aliphatic carbocycles. The standard InChI is InChI=1S/C24H27BrCl2N4O/c1-14-22(24(32)29-30-12-16-3-2-4-17(16)13-30)28-31(21-10-9-19(26)11-20(21)27)23(14)15-5-7-18(25)8-6-15/h5,7-11,14-17,23H,2-4,6,12-13H2,1H3,(H,29,32)/t14-,15?,16?,17?,23+/m0/s1. The third-order valence-corrected chi connectivity index (χ3v) is 8.47. The van der Waals surface area contributed by atoms with Crippen LogP contribution in [0.25, 0.3) is 0 Å². The number of hydrogen-bond acceptors (Lipinski definition) is 4. The molecule has 5 atom stereocenters. The number of carbonyl (C=O) groups excluding carboxylic acids is 1. The molecule has 2 fully saturated rings. The second-order valence-electron chi connectivity index (χ2n) is 9.35. The largest absolute Gasteiger partial charge is 0.284 e. The second kappa shape index (κ2) is 9.13. The maximum Gasteiger partial charge on any atom is 0.282 e. The zero-order valence-corrected chi connectivity index (χ0v) is 21.1. The average molecular weight is 538 g/mol. The summed E-state index contributed by atoms with van der Waals surface area (Å²) in [5.41, 5.74) is 4.48. The van der Waals surface area contributed by atoms with Crippen LogP contribution in [0.3, 0.4) is 0 Å². The van der Waals surface area contributed by atoms with Crippen molar-refractivity contribution in [3.05, 3.63) is 51.0 Å². The van der Waals surface area contributed by atoms with E-state index in [0.717, 1.165) is 29.7 Å². The highest BCUT2D eigenvalue weighted by molar-refractivity contribution is 9.11. The van der Waals surface area contributed by atoms with Crippen LogP contribution in [0.1, 0.15) is 32.6 Å². The minimum Gasteiger partial charge on any atom is -0.284 e. The van der Waals surface area contributed by atoms with Gasteiger partial charge in [-0.05, 0) is 49.3 Å². The normalized spacial score (nSPS) is 32.1. The molecule has 1 amide bonds. The van der Waals surface area contributed by atoms with Gasteiger partial charge >= 0.3 is 0 Å². The van der Waals surface area contributed by atoms with E-state index in [2.05, 4.69) is 51.5 Å². The van der Waals surface area contributed by atoms with Gasteiger partial charge in [-0.25, -0.2) is 5.01 Å². The lowest BCUT2D eigenvalue weighted by Gasteiger charge is -2.33. The molecule has 1 aromatic carbocycles. The Kier molecular flexibility index (Phi) is 6.41. The molecule has 170 valence electrons. The van der Waals surface area contributed by atoms with Crippen molar-refractivity contribution < 1.29 is 4.79 Å². The number of hydrogen-bond donors (Lipinski definition) is 1. The molecule has 8 heteroatoms. The Labute approximate surface area is 207 Å². The predicted molar refractivity (Wildman–Crippen MR) is 134 cm³/mol. The summed E-state index contributed by atoms with van der Waals surface area (Å²) in [7, 11) is 0. The third-order valence-electron chi connectivity index (χ3n) is 7.34. The van der Waals surface area contributed by atoms with Crippen molar-refractivity contribution in [2.24, 2.45) is 28.8 Å². The first-order chi connectivity index (χ1) is 15.4. The van der Waals surface area contributed by atoms with Crippen molar-refractivity contribution in [2.45, 2.75) is 38.6 Å². The number of nitrogens with zero attached hydrogens (tertiary/aromatic N) is 3. The minimum absolute atomic E-state index is 0.0134. The molecular formula is C24H27BrCl2N4O. The number of hydrazone groups is 1. The molecule has 5 nitrogen and oxygen atoms in total. The number of benzene rings is 1. The van der Waals surface area contributed by atoms with Crippen LogP contribution in [0.15, 0.2) is 46.0 Å². The Morgan fingerprint density at radius 2 is 1.97 bits per heavy atom. The summed E-state index contributed by atoms with van der Waals surface area (Å²) in [5.74, 6) is 1.48. The van der Waals surface area contributed by atoms with Crippen molar-refractivity contribution in [3.8, 4) is 0 Å². The van der Waals surface area contributed by atoms with Crippen LogP contribution >= 0.6 is 39.1 Å². The number of nitrogens with one attached hydrogen (secondary N) is 1. The summed E-state index contributed by atoms with van der Waals surface area (Å²) >= 11 is 16.2. The van der Waals surface area contributed by atoms with Crippen molar-refractivity contribution in [3.63, 3.8) is 0 Å². The van der Waals surface area contributed by atoms with E-state index in [1.54, 1.807) is 6.07 Å². The van der Waals surface area contributed by atoms with Crippen molar-refractivity contribution in [1.29, 1.82) is 0 Å². The summed E-state index contributed by atoms with van der Waals surface area (Å²) in [5, 5.41) is 9.97. The molecule has 0 bridgehead atoms. The fourth-order valence-electron chi connectivity index (χ4n) is 5.72. The van der Waals surface area contributed by atoms with E-state index in [0.29, 0.717) is 27.6 Å². The summed E-state index contributed by atoms with van der Waals surface area (Å²) < 4.78 is 1.08. The van der Waals surface area contributed by atoms with E-state index in [1.165, 1.54) is 19.3 Å². The van der Waals surface area contributed by atoms with Gasteiger partial charge in [0.1, 0.15) is 5.71 Å². The molecule has 1 aromatic rings. The lowest BCUT2D eigenvalue weighted by atomic mass is 9.83. The Morgan fingerprint density at radius 3 is 2.62 bits per heavy atom. The van der Waals surface area contributed by atoms with Crippen molar-refractivity contribution in [2.75, 3.05) is 18.1 Å². The molecule has 0 spiro atoms. The van der Waals surface area contributed by atoms with Gasteiger partial charge in [0.2, 0.25) is 0 Å². The Morgan fingerprint density at radius 1 is 1.22 bits per heavy atom. The molecule has 32 heavy (non-hydrogen) atoms. The topological polar surface area (TPSA) is 47.9 Å². The molecule has 0 radical (unpaired) electrons. The number of fused-ring (bicyclic) bond motifs is 1. The van der Waals surface area contributed by atoms with E-state index in [4.69, 9.17) is 28.3 Å². The SMILES string of the molecule is C[C@H]1C(C(=O)NN2CC3CCCC3C2)=NN(c2ccc(Cl)cc2Cl)[C@H]1C1C=CC(Br)=CC1. The molecule has 1 saturated heterocycles. The van der Waals surface area contributed by atoms with Crippen molar-refractivity contribution in [1.82, 2.24) is 10.4 Å². The second-order valence-corrected chi connectivity index (χ2v) is 11.1. The maximum atomic E-state index is 13.3. The fourth-order valence-corrected chi connectivity index (χ4v) is 6.56. The summed E-state index contributed by atoms with van der Waals surface area (Å²) in [6.45, 7) is 3.98. The number of amides is 1. The number of carbonyl (C=O) groups is 1. The highest BCUT2D eigenvalue weighted by Gasteiger charge is 2.44. The Bertz CT molecular complexity index is 998. The van der Waals surface area contributed by atoms with Gasteiger partial charge in [-0.15, -0.1) is 0 Å². The van der Waals surface area contributed by atoms with E-state index in [-0.39, 0.29) is 23.8 Å². The van der Waals surface area contributed by atoms with E-state index < -0.39 is 0 Å². The van der Waals surface area contributed by atoms with E-state index >= 15 is 0 Å². The lowest BCUT2D eigenvalue weighted by Crippen LogP contribution is -2.47. The minimum atomic E-state index is -0.105. The number of anilines is 1. The van der Waals surface area contributed by atoms with Crippen LogP contribution in [0, 0.1) is 23.7 Å². The average Bonchev–Trinajstić information content (AvgIpc) is 3.42. The molecule has 3 unspecified atom stereocenters. The number of halogens is 3. The highest BCUT2D eigenvalue weighted by atomic mass is 79.9. The Hall–Kier alpha value is -1.34. The maximum absolute atomic E-state index is 13.3. The summed E-state index contributed by atoms with van der Waals surface area (Å²) in [4.78, 5) is 13.3. The van der Waals surface area contributed by atoms with Crippen LogP contribution in [0.4, 0.5) is 5.69 Å². The highest BCUT2D eigenvalue weighted by Crippen LogP contribution is 2.41. The zero-order valence-electron chi connectivity index (χ0n) is 18.0. The fraction of sp³-hybridized carbons (Fsp3) is 0.500. The monoisotopic (exact) mass is 536 g/mol. The molecule has 2 aliphatic heterocycles. The van der Waals surface area contributed by atoms with E-state index in [9.17, 15) is 4.79 Å². The quantitative estimate of drug-likeness (QED) is 0.528. The van der Waals surface area contributed by atoms with Gasteiger partial charge in [-0.2, -0.15) is 5.10 Å². The first-order valence-electron chi connectivity index (χ1n) is 11.3. The van der Waals surface area contributed by atoms with Crippen molar-refractivity contribution >= 4 is 56.4 Å². The molecule has 5 rings (SSSR count). The lowest BCUT2D eigenvalue weighted by molar-refractivity contribution is -0.119. The van der Waals surface area contributed by atoms with Crippen LogP contribution in [-0.4, -0.2) is 35.8 Å². The third kappa shape index (κ3) is 4.27. The molecular weight excluding hydrogens is 511 g/mol. The number of rotatable bonds is 4. The summed E-state index contributed by atoms with van der Waals surface area (Å²) in [6, 6.07) is 5.41. The van der Waals surface area contributed by atoms with Gasteiger partial charge in [-0.3, -0.25) is 15.2 Å². The van der Waals surface area contributed by atoms with Crippen LogP contribution in [-0.2, 0) is 4.79 Å². The van der Waals surface area contributed by atoms with Crippen LogP contribution in [0.2, 0.25) is 10.0 Å². The molecule has 4 aliphatic rings. The van der Waals surface area contributed by atoms with Crippen LogP contribution in [0.5, 0.6) is 0 Å². The van der Waals surface area contributed by atoms with Gasteiger partial charge in [0.25, 0.3) is 5.91 Å². The zero-order chi connectivity index (χ0) is 22.4. The first-order valence-corrected chi connectivity index (χ1v) is 12.9. The molecule has 2 heterocycles. The van der Waals surface area contributed by atoms with Gasteiger partial charge < -0.3 is 0 Å². The summed E-state index contributed by atoms with van der Waals surface area (Å²) in [6.07, 6.45) is 11.2. The first kappa shape index (κ1) is 22.5. The molecule has 0 aromatic heterocycles. The van der Waals surface area contributed by atoms with Gasteiger partial charge in [-0.1, -0.05) is 70.7 Å². The molecule has 1 N–H and O–H groups in total. The smallest absolute Gasteiger partial charge is 0.282 e. The Balaban J connectivity index is 1.40. The van der Waals surface area contributed by atoms with Gasteiger partial charge in [0, 0.05) is 34.4 Å². The molecule has 1 saturated carbocycles. The number of allylic oxidation sites excluding steroid dienone is 3. The number of hydrazine groups is 1. The van der Waals surface area contributed by atoms with Gasteiger partial charge in [0.15, 0.2) is 0 Å². The predicted octanol–water partition coefficient (Wildman–Crippen LogP) is 5.79. The van der Waals surface area contributed by atoms with E-state index in [1.807, 2.05) is 17.1 Å². The van der Waals surface area contributed by atoms with Gasteiger partial charge in [0.05, 0.1) is 16.8 Å². The van der Waals surface area contributed by atoms with Crippen LogP contribution < -0.4 is 10.4 Å².